The third kappa shape index (κ3) is 3.93. The number of ether oxygens (including phenoxy) is 1. The number of rotatable bonds is 4. The summed E-state index contributed by atoms with van der Waals surface area (Å²) in [5.74, 6) is 0.403. The van der Waals surface area contributed by atoms with Gasteiger partial charge in [-0.1, -0.05) is 20.8 Å². The summed E-state index contributed by atoms with van der Waals surface area (Å²) >= 11 is 7.26. The zero-order chi connectivity index (χ0) is 14.8. The molecule has 2 rings (SSSR count). The van der Waals surface area contributed by atoms with E-state index in [-0.39, 0.29) is 17.1 Å². The van der Waals surface area contributed by atoms with Gasteiger partial charge in [-0.05, 0) is 17.7 Å². The van der Waals surface area contributed by atoms with Gasteiger partial charge in [0.05, 0.1) is 5.69 Å². The first-order valence-corrected chi connectivity index (χ1v) is 7.73. The van der Waals surface area contributed by atoms with Crippen LogP contribution in [0.4, 0.5) is 4.39 Å². The molecule has 0 amide bonds. The number of alkyl halides is 1. The Bertz CT molecular complexity index is 592. The van der Waals surface area contributed by atoms with Gasteiger partial charge < -0.3 is 4.74 Å². The third-order valence-corrected chi connectivity index (χ3v) is 3.90. The summed E-state index contributed by atoms with van der Waals surface area (Å²) < 4.78 is 18.9. The van der Waals surface area contributed by atoms with Crippen LogP contribution >= 0.6 is 22.9 Å². The molecule has 0 fully saturated rings. The van der Waals surface area contributed by atoms with E-state index in [1.165, 1.54) is 12.1 Å². The lowest BCUT2D eigenvalue weighted by atomic mass is 9.93. The van der Waals surface area contributed by atoms with Gasteiger partial charge in [-0.15, -0.1) is 22.9 Å². The van der Waals surface area contributed by atoms with E-state index in [9.17, 15) is 4.39 Å². The molecule has 0 aliphatic heterocycles. The highest BCUT2D eigenvalue weighted by molar-refractivity contribution is 7.09. The van der Waals surface area contributed by atoms with E-state index < -0.39 is 0 Å². The Morgan fingerprint density at radius 1 is 1.30 bits per heavy atom. The zero-order valence-electron chi connectivity index (χ0n) is 11.7. The normalized spacial score (nSPS) is 11.7. The minimum Gasteiger partial charge on any atom is -0.486 e. The van der Waals surface area contributed by atoms with Crippen LogP contribution in [-0.4, -0.2) is 4.98 Å². The Morgan fingerprint density at radius 3 is 2.65 bits per heavy atom. The molecule has 0 N–H and O–H groups in total. The van der Waals surface area contributed by atoms with Crippen molar-refractivity contribution in [2.45, 2.75) is 38.7 Å². The Balaban J connectivity index is 2.05. The number of thiazole rings is 1. The topological polar surface area (TPSA) is 22.1 Å². The van der Waals surface area contributed by atoms with Gasteiger partial charge in [-0.3, -0.25) is 0 Å². The second-order valence-corrected chi connectivity index (χ2v) is 6.80. The largest absolute Gasteiger partial charge is 0.486 e. The van der Waals surface area contributed by atoms with Crippen molar-refractivity contribution in [3.63, 3.8) is 0 Å². The fourth-order valence-corrected chi connectivity index (χ4v) is 2.73. The summed E-state index contributed by atoms with van der Waals surface area (Å²) in [6.45, 7) is 6.69. The molecule has 20 heavy (non-hydrogen) atoms. The Morgan fingerprint density at radius 2 is 2.05 bits per heavy atom. The summed E-state index contributed by atoms with van der Waals surface area (Å²) in [7, 11) is 0. The van der Waals surface area contributed by atoms with E-state index >= 15 is 0 Å². The van der Waals surface area contributed by atoms with Gasteiger partial charge in [0.15, 0.2) is 0 Å². The lowest BCUT2D eigenvalue weighted by Gasteiger charge is -2.14. The van der Waals surface area contributed by atoms with E-state index in [0.29, 0.717) is 17.9 Å². The Labute approximate surface area is 127 Å². The smallest absolute Gasteiger partial charge is 0.140 e. The highest BCUT2D eigenvalue weighted by atomic mass is 35.5. The molecule has 1 aromatic carbocycles. The summed E-state index contributed by atoms with van der Waals surface area (Å²) in [5, 5.41) is 2.92. The molecule has 0 spiro atoms. The second kappa shape index (κ2) is 6.10. The number of hydrogen-bond acceptors (Lipinski definition) is 3. The van der Waals surface area contributed by atoms with Crippen LogP contribution in [0.15, 0.2) is 23.6 Å². The molecular weight excluding hydrogens is 297 g/mol. The molecular formula is C15H17ClFNOS. The van der Waals surface area contributed by atoms with Crippen molar-refractivity contribution in [1.29, 1.82) is 0 Å². The number of hydrogen-bond donors (Lipinski definition) is 0. The first-order valence-electron chi connectivity index (χ1n) is 6.31. The quantitative estimate of drug-likeness (QED) is 0.749. The van der Waals surface area contributed by atoms with E-state index in [4.69, 9.17) is 16.3 Å². The molecule has 0 atom stereocenters. The molecule has 1 heterocycles. The van der Waals surface area contributed by atoms with Gasteiger partial charge >= 0.3 is 0 Å². The molecule has 1 aromatic heterocycles. The van der Waals surface area contributed by atoms with Crippen molar-refractivity contribution in [2.24, 2.45) is 0 Å². The molecule has 108 valence electrons. The van der Waals surface area contributed by atoms with Crippen LogP contribution in [0.1, 0.15) is 37.0 Å². The molecule has 0 aliphatic carbocycles. The molecule has 2 nitrogen and oxygen atoms in total. The lowest BCUT2D eigenvalue weighted by Crippen LogP contribution is -2.11. The number of halogens is 2. The van der Waals surface area contributed by atoms with Crippen LogP contribution in [0.2, 0.25) is 0 Å². The summed E-state index contributed by atoms with van der Waals surface area (Å²) in [5.41, 5.74) is 1.78. The first kappa shape index (κ1) is 15.3. The van der Waals surface area contributed by atoms with Crippen LogP contribution < -0.4 is 4.74 Å². The molecule has 0 radical (unpaired) electrons. The molecule has 0 bridgehead atoms. The van der Waals surface area contributed by atoms with Crippen molar-refractivity contribution in [3.8, 4) is 5.75 Å². The lowest BCUT2D eigenvalue weighted by molar-refractivity contribution is 0.303. The monoisotopic (exact) mass is 313 g/mol. The van der Waals surface area contributed by atoms with Crippen molar-refractivity contribution < 1.29 is 9.13 Å². The number of aromatic nitrogens is 1. The predicted octanol–water partition coefficient (Wildman–Crippen LogP) is 4.90. The molecule has 0 saturated heterocycles. The molecule has 0 unspecified atom stereocenters. The van der Waals surface area contributed by atoms with Crippen LogP contribution in [0.3, 0.4) is 0 Å². The van der Waals surface area contributed by atoms with E-state index in [1.54, 1.807) is 17.4 Å². The van der Waals surface area contributed by atoms with Crippen molar-refractivity contribution in [3.05, 3.63) is 45.7 Å². The van der Waals surface area contributed by atoms with Crippen LogP contribution in [-0.2, 0) is 17.9 Å². The van der Waals surface area contributed by atoms with Gasteiger partial charge in [0.1, 0.15) is 23.2 Å². The fourth-order valence-electron chi connectivity index (χ4n) is 1.65. The molecule has 2 aromatic rings. The fraction of sp³-hybridized carbons (Fsp3) is 0.400. The molecule has 0 saturated carbocycles. The number of benzene rings is 1. The molecule has 5 heteroatoms. The van der Waals surface area contributed by atoms with Gasteiger partial charge in [0.25, 0.3) is 0 Å². The van der Waals surface area contributed by atoms with Crippen molar-refractivity contribution >= 4 is 22.9 Å². The highest BCUT2D eigenvalue weighted by Gasteiger charge is 2.17. The standard InChI is InChI=1S/C15H17ClFNOS/c1-15(2,3)13-9-20-14(18-13)8-19-12-5-10(7-16)4-11(17)6-12/h4-6,9H,7-8H2,1-3H3. The second-order valence-electron chi connectivity index (χ2n) is 5.59. The Hall–Kier alpha value is -1.13. The Kier molecular flexibility index (Phi) is 4.66. The van der Waals surface area contributed by atoms with Crippen LogP contribution in [0.25, 0.3) is 0 Å². The maximum absolute atomic E-state index is 13.3. The zero-order valence-corrected chi connectivity index (χ0v) is 13.3. The highest BCUT2D eigenvalue weighted by Crippen LogP contribution is 2.25. The average molecular weight is 314 g/mol. The van der Waals surface area contributed by atoms with E-state index in [1.807, 2.05) is 5.38 Å². The van der Waals surface area contributed by atoms with Crippen molar-refractivity contribution in [2.75, 3.05) is 0 Å². The van der Waals surface area contributed by atoms with Crippen molar-refractivity contribution in [1.82, 2.24) is 4.98 Å². The summed E-state index contributed by atoms with van der Waals surface area (Å²) in [4.78, 5) is 4.54. The van der Waals surface area contributed by atoms with E-state index in [0.717, 1.165) is 10.7 Å². The summed E-state index contributed by atoms with van der Waals surface area (Å²) in [6, 6.07) is 4.50. The van der Waals surface area contributed by atoms with Crippen LogP contribution in [0, 0.1) is 5.82 Å². The minimum atomic E-state index is -0.340. The average Bonchev–Trinajstić information content (AvgIpc) is 2.84. The predicted molar refractivity (Wildman–Crippen MR) is 81.1 cm³/mol. The maximum atomic E-state index is 13.3. The van der Waals surface area contributed by atoms with Gasteiger partial charge in [-0.25, -0.2) is 9.37 Å². The van der Waals surface area contributed by atoms with E-state index in [2.05, 4.69) is 25.8 Å². The molecule has 0 aliphatic rings. The maximum Gasteiger partial charge on any atom is 0.140 e. The minimum absolute atomic E-state index is 0.0272. The summed E-state index contributed by atoms with van der Waals surface area (Å²) in [6.07, 6.45) is 0. The van der Waals surface area contributed by atoms with Gasteiger partial charge in [-0.2, -0.15) is 0 Å². The first-order chi connectivity index (χ1) is 9.38. The number of nitrogens with zero attached hydrogens (tertiary/aromatic N) is 1. The van der Waals surface area contributed by atoms with Gasteiger partial charge in [0, 0.05) is 22.7 Å². The third-order valence-electron chi connectivity index (χ3n) is 2.77. The SMILES string of the molecule is CC(C)(C)c1csc(COc2cc(F)cc(CCl)c2)n1. The van der Waals surface area contributed by atoms with Crippen LogP contribution in [0.5, 0.6) is 5.75 Å². The van der Waals surface area contributed by atoms with Gasteiger partial charge in [0.2, 0.25) is 0 Å².